The van der Waals surface area contributed by atoms with Crippen LogP contribution in [0.5, 0.6) is 0 Å². The van der Waals surface area contributed by atoms with Gasteiger partial charge in [-0.1, -0.05) is 97.1 Å². The molecule has 3 aromatic heterocycles. The lowest BCUT2D eigenvalue weighted by Gasteiger charge is -2.29. The van der Waals surface area contributed by atoms with Gasteiger partial charge in [0.05, 0.1) is 33.8 Å². The van der Waals surface area contributed by atoms with Crippen LogP contribution >= 0.6 is 0 Å². The summed E-state index contributed by atoms with van der Waals surface area (Å²) in [5.41, 5.74) is 17.5. The number of fused-ring (bicyclic) bond motifs is 12. The molecule has 0 bridgehead atoms. The maximum Gasteiger partial charge on any atom is 0.0633 e. The zero-order chi connectivity index (χ0) is 37.9. The molecule has 274 valence electrons. The Morgan fingerprint density at radius 2 is 1.19 bits per heavy atom. The molecule has 0 saturated carbocycles. The van der Waals surface area contributed by atoms with Gasteiger partial charge in [0.2, 0.25) is 0 Å². The van der Waals surface area contributed by atoms with E-state index in [1.807, 2.05) is 0 Å². The molecule has 1 N–H and O–H groups in total. The molecule has 2 aliphatic carbocycles. The summed E-state index contributed by atoms with van der Waals surface area (Å²) in [6, 6.07) is 56.3. The van der Waals surface area contributed by atoms with Crippen LogP contribution in [0.2, 0.25) is 0 Å². The monoisotopic (exact) mass is 742 g/mol. The molecular weight excluding hydrogens is 705 g/mol. The van der Waals surface area contributed by atoms with Crippen molar-refractivity contribution < 1.29 is 0 Å². The average molecular weight is 743 g/mol. The Hall–Kier alpha value is -7.30. The Morgan fingerprint density at radius 1 is 0.500 bits per heavy atom. The number of nitrogens with one attached hydrogen (secondary N) is 1. The number of hydrogen-bond donors (Lipinski definition) is 1. The number of hydrogen-bond acceptors (Lipinski definition) is 1. The van der Waals surface area contributed by atoms with Gasteiger partial charge in [-0.3, -0.25) is 0 Å². The Kier molecular flexibility index (Phi) is 6.65. The predicted octanol–water partition coefficient (Wildman–Crippen LogP) is 14.1. The van der Waals surface area contributed by atoms with E-state index in [2.05, 4.69) is 201 Å². The zero-order valence-electron chi connectivity index (χ0n) is 31.9. The Balaban J connectivity index is 0.980. The summed E-state index contributed by atoms with van der Waals surface area (Å²) in [6.45, 7) is 0. The van der Waals surface area contributed by atoms with Crippen LogP contribution in [0.25, 0.3) is 87.9 Å². The molecule has 0 radical (unpaired) electrons. The van der Waals surface area contributed by atoms with Crippen molar-refractivity contribution in [2.45, 2.75) is 25.3 Å². The molecule has 4 nitrogen and oxygen atoms in total. The van der Waals surface area contributed by atoms with Crippen molar-refractivity contribution >= 4 is 93.6 Å². The minimum absolute atomic E-state index is 0.216. The predicted molar refractivity (Wildman–Crippen MR) is 245 cm³/mol. The molecule has 3 aliphatic rings. The smallest absolute Gasteiger partial charge is 0.0633 e. The van der Waals surface area contributed by atoms with Gasteiger partial charge in [0.15, 0.2) is 0 Å². The number of nitrogens with zero attached hydrogens (tertiary/aromatic N) is 3. The fourth-order valence-corrected chi connectivity index (χ4v) is 10.3. The molecule has 0 amide bonds. The fourth-order valence-electron chi connectivity index (χ4n) is 10.3. The Bertz CT molecular complexity index is 3480. The van der Waals surface area contributed by atoms with Crippen LogP contribution in [0.3, 0.4) is 0 Å². The molecule has 4 heteroatoms. The first-order valence-electron chi connectivity index (χ1n) is 20.5. The van der Waals surface area contributed by atoms with Gasteiger partial charge in [0, 0.05) is 66.0 Å². The molecule has 58 heavy (non-hydrogen) atoms. The second-order valence-electron chi connectivity index (χ2n) is 16.1. The maximum atomic E-state index is 3.79. The first-order chi connectivity index (χ1) is 28.8. The lowest BCUT2D eigenvalue weighted by Crippen LogP contribution is -2.27. The summed E-state index contributed by atoms with van der Waals surface area (Å²) in [7, 11) is 0. The van der Waals surface area contributed by atoms with Crippen molar-refractivity contribution in [1.82, 2.24) is 14.1 Å². The standard InChI is InChI=1S/C54H38N4/c1-4-14-36(15-5-1)56-49-22-12-10-20-39(49)44-30-42-41-28-34(24-26-47(41)55-48(42)32-52(44)56)35-25-27-51-43(29-35)46-31-45-40-21-11-13-23-50(40)57(37-16-6-2-7-17-37)53(45)33-54(46)58(51)38-18-8-3-9-19-38/h1,3-6,8-26,28-33,51,55H,2,7,27H2. The van der Waals surface area contributed by atoms with Crippen molar-refractivity contribution in [1.29, 1.82) is 0 Å². The molecule has 4 heterocycles. The molecule has 1 aliphatic heterocycles. The number of aromatic nitrogens is 3. The van der Waals surface area contributed by atoms with E-state index in [-0.39, 0.29) is 6.04 Å². The van der Waals surface area contributed by atoms with E-state index in [1.54, 1.807) is 0 Å². The molecular formula is C54H38N4. The number of aromatic amines is 1. The highest BCUT2D eigenvalue weighted by atomic mass is 15.2. The third-order valence-electron chi connectivity index (χ3n) is 12.9. The van der Waals surface area contributed by atoms with Gasteiger partial charge >= 0.3 is 0 Å². The molecule has 10 aromatic rings. The van der Waals surface area contributed by atoms with Crippen LogP contribution in [0, 0.1) is 0 Å². The molecule has 13 rings (SSSR count). The highest BCUT2D eigenvalue weighted by Crippen LogP contribution is 2.52. The lowest BCUT2D eigenvalue weighted by atomic mass is 9.88. The van der Waals surface area contributed by atoms with Crippen LogP contribution < -0.4 is 4.90 Å². The average Bonchev–Trinajstić information content (AvgIpc) is 4.01. The normalized spacial score (nSPS) is 16.4. The first kappa shape index (κ1) is 31.9. The summed E-state index contributed by atoms with van der Waals surface area (Å²) in [5, 5.41) is 7.66. The van der Waals surface area contributed by atoms with E-state index in [9.17, 15) is 0 Å². The van der Waals surface area contributed by atoms with Crippen LogP contribution in [0.1, 0.15) is 30.4 Å². The zero-order valence-corrected chi connectivity index (χ0v) is 31.9. The van der Waals surface area contributed by atoms with Gasteiger partial charge in [-0.15, -0.1) is 0 Å². The molecule has 0 saturated heterocycles. The molecule has 0 fully saturated rings. The second kappa shape index (κ2) is 12.1. The third kappa shape index (κ3) is 4.51. The SMILES string of the molecule is C1=CC(n2c3ccccc3c3cc4c(cc32)N(c2ccccc2)C2CC=C(c3ccc5[nH]c6cc7c(cc6c5c3)c3ccccc3n7-c3ccccc3)C=C42)=CCC1. The quantitative estimate of drug-likeness (QED) is 0.191. The molecule has 7 aromatic carbocycles. The lowest BCUT2D eigenvalue weighted by molar-refractivity contribution is 0.831. The number of benzene rings is 7. The second-order valence-corrected chi connectivity index (χ2v) is 16.1. The highest BCUT2D eigenvalue weighted by Gasteiger charge is 2.37. The van der Waals surface area contributed by atoms with Gasteiger partial charge in [0.1, 0.15) is 0 Å². The van der Waals surface area contributed by atoms with E-state index in [0.717, 1.165) is 30.3 Å². The third-order valence-corrected chi connectivity index (χ3v) is 12.9. The summed E-state index contributed by atoms with van der Waals surface area (Å²) in [6.07, 6.45) is 15.0. The number of anilines is 2. The highest BCUT2D eigenvalue weighted by molar-refractivity contribution is 6.19. The van der Waals surface area contributed by atoms with E-state index in [0.29, 0.717) is 0 Å². The van der Waals surface area contributed by atoms with Crippen molar-refractivity contribution in [2.24, 2.45) is 0 Å². The summed E-state index contributed by atoms with van der Waals surface area (Å²) >= 11 is 0. The van der Waals surface area contributed by atoms with Crippen molar-refractivity contribution in [3.05, 3.63) is 193 Å². The van der Waals surface area contributed by atoms with Gasteiger partial charge in [0.25, 0.3) is 0 Å². The van der Waals surface area contributed by atoms with Gasteiger partial charge in [-0.25, -0.2) is 0 Å². The maximum absolute atomic E-state index is 3.79. The topological polar surface area (TPSA) is 28.9 Å². The Morgan fingerprint density at radius 3 is 1.97 bits per heavy atom. The minimum Gasteiger partial charge on any atom is -0.354 e. The van der Waals surface area contributed by atoms with Crippen molar-refractivity contribution in [3.8, 4) is 5.69 Å². The Labute approximate surface area is 335 Å². The van der Waals surface area contributed by atoms with Gasteiger partial charge in [-0.2, -0.15) is 0 Å². The number of rotatable bonds is 4. The van der Waals surface area contributed by atoms with Crippen LogP contribution in [0.4, 0.5) is 11.4 Å². The summed E-state index contributed by atoms with van der Waals surface area (Å²) in [4.78, 5) is 6.37. The van der Waals surface area contributed by atoms with Crippen LogP contribution in [-0.2, 0) is 0 Å². The number of allylic oxidation sites excluding steroid dienone is 6. The fraction of sp³-hybridized carbons (Fsp3) is 0.0741. The van der Waals surface area contributed by atoms with Gasteiger partial charge < -0.3 is 19.0 Å². The van der Waals surface area contributed by atoms with Gasteiger partial charge in [-0.05, 0) is 121 Å². The molecule has 0 spiro atoms. The van der Waals surface area contributed by atoms with E-state index >= 15 is 0 Å². The van der Waals surface area contributed by atoms with E-state index in [4.69, 9.17) is 0 Å². The van der Waals surface area contributed by atoms with Crippen molar-refractivity contribution in [3.63, 3.8) is 0 Å². The largest absolute Gasteiger partial charge is 0.354 e. The summed E-state index contributed by atoms with van der Waals surface area (Å²) in [5.74, 6) is 0. The van der Waals surface area contributed by atoms with E-state index in [1.165, 1.54) is 99.4 Å². The number of para-hydroxylation sites is 4. The van der Waals surface area contributed by atoms with Crippen LogP contribution in [-0.4, -0.2) is 20.2 Å². The van der Waals surface area contributed by atoms with Crippen molar-refractivity contribution in [2.75, 3.05) is 4.90 Å². The summed E-state index contributed by atoms with van der Waals surface area (Å²) < 4.78 is 4.87. The first-order valence-corrected chi connectivity index (χ1v) is 20.5. The molecule has 1 atom stereocenters. The van der Waals surface area contributed by atoms with Crippen LogP contribution in [0.15, 0.2) is 182 Å². The minimum atomic E-state index is 0.216. The molecule has 1 unspecified atom stereocenters. The number of H-pyrrole nitrogens is 1. The van der Waals surface area contributed by atoms with E-state index < -0.39 is 0 Å².